The lowest BCUT2D eigenvalue weighted by molar-refractivity contribution is -0.139. The van der Waals surface area contributed by atoms with Crippen molar-refractivity contribution in [2.24, 2.45) is 11.8 Å². The molecule has 0 aromatic heterocycles. The van der Waals surface area contributed by atoms with E-state index in [-0.39, 0.29) is 6.42 Å². The fourth-order valence-corrected chi connectivity index (χ4v) is 1.78. The van der Waals surface area contributed by atoms with Crippen molar-refractivity contribution < 1.29 is 32.3 Å². The van der Waals surface area contributed by atoms with Crippen molar-refractivity contribution in [1.29, 1.82) is 0 Å². The van der Waals surface area contributed by atoms with E-state index in [1.807, 2.05) is 5.32 Å². The maximum Gasteiger partial charge on any atom is 0.416 e. The highest BCUT2D eigenvalue weighted by molar-refractivity contribution is 5.98. The number of benzene rings is 1. The van der Waals surface area contributed by atoms with Crippen molar-refractivity contribution in [3.05, 3.63) is 29.6 Å². The Morgan fingerprint density at radius 3 is 2.40 bits per heavy atom. The van der Waals surface area contributed by atoms with Crippen LogP contribution in [0.2, 0.25) is 0 Å². The van der Waals surface area contributed by atoms with Gasteiger partial charge in [-0.05, 0) is 24.6 Å². The first-order valence-electron chi connectivity index (χ1n) is 5.60. The molecule has 0 radical (unpaired) electrons. The number of hydrogen-bond acceptors (Lipinski definition) is 2. The predicted octanol–water partition coefficient (Wildman–Crippen LogP) is 2.50. The molecule has 1 amide bonds. The quantitative estimate of drug-likeness (QED) is 0.841. The first-order valence-corrected chi connectivity index (χ1v) is 5.60. The number of rotatable bonds is 3. The van der Waals surface area contributed by atoms with Crippen molar-refractivity contribution in [2.45, 2.75) is 12.6 Å². The largest absolute Gasteiger partial charge is 0.481 e. The molecule has 2 N–H and O–H groups in total. The number of carboxylic acid groups (broad SMARTS) is 1. The van der Waals surface area contributed by atoms with Crippen LogP contribution in [0.4, 0.5) is 23.2 Å². The SMILES string of the molecule is O=C(O)C1CC1C(=O)Nc1cc(C(F)(F)F)ccc1F. The Morgan fingerprint density at radius 1 is 1.25 bits per heavy atom. The molecule has 1 aromatic carbocycles. The van der Waals surface area contributed by atoms with Gasteiger partial charge >= 0.3 is 12.1 Å². The summed E-state index contributed by atoms with van der Waals surface area (Å²) in [4.78, 5) is 22.2. The highest BCUT2D eigenvalue weighted by atomic mass is 19.4. The van der Waals surface area contributed by atoms with E-state index in [9.17, 15) is 27.2 Å². The van der Waals surface area contributed by atoms with Crippen molar-refractivity contribution in [2.75, 3.05) is 5.32 Å². The lowest BCUT2D eigenvalue weighted by atomic mass is 10.1. The molecule has 0 spiro atoms. The van der Waals surface area contributed by atoms with E-state index in [0.29, 0.717) is 18.2 Å². The zero-order valence-corrected chi connectivity index (χ0v) is 9.87. The summed E-state index contributed by atoms with van der Waals surface area (Å²) in [7, 11) is 0. The third kappa shape index (κ3) is 2.89. The zero-order valence-electron chi connectivity index (χ0n) is 9.87. The van der Waals surface area contributed by atoms with Crippen LogP contribution >= 0.6 is 0 Å². The van der Waals surface area contributed by atoms with Crippen LogP contribution in [0.25, 0.3) is 0 Å². The summed E-state index contributed by atoms with van der Waals surface area (Å²) in [5.74, 6) is -4.66. The van der Waals surface area contributed by atoms with E-state index < -0.39 is 47.0 Å². The number of carboxylic acids is 1. The molecule has 0 saturated heterocycles. The molecule has 1 saturated carbocycles. The van der Waals surface area contributed by atoms with Crippen LogP contribution in [0.5, 0.6) is 0 Å². The lowest BCUT2D eigenvalue weighted by Crippen LogP contribution is -2.18. The molecule has 8 heteroatoms. The van der Waals surface area contributed by atoms with Crippen LogP contribution in [-0.2, 0) is 15.8 Å². The van der Waals surface area contributed by atoms with Gasteiger partial charge in [-0.1, -0.05) is 0 Å². The normalized spacial score (nSPS) is 21.4. The number of carbonyl (C=O) groups is 2. The third-order valence-electron chi connectivity index (χ3n) is 3.00. The van der Waals surface area contributed by atoms with Gasteiger partial charge in [-0.3, -0.25) is 9.59 Å². The van der Waals surface area contributed by atoms with Crippen LogP contribution in [0.15, 0.2) is 18.2 Å². The molecular formula is C12H9F4NO3. The number of amides is 1. The van der Waals surface area contributed by atoms with E-state index in [4.69, 9.17) is 5.11 Å². The maximum atomic E-state index is 13.4. The lowest BCUT2D eigenvalue weighted by Gasteiger charge is -2.10. The van der Waals surface area contributed by atoms with Gasteiger partial charge in [0, 0.05) is 0 Å². The van der Waals surface area contributed by atoms with Gasteiger partial charge in [-0.2, -0.15) is 13.2 Å². The second kappa shape index (κ2) is 4.77. The van der Waals surface area contributed by atoms with Crippen LogP contribution in [0.1, 0.15) is 12.0 Å². The number of aliphatic carboxylic acids is 1. The summed E-state index contributed by atoms with van der Waals surface area (Å²) in [5, 5.41) is 10.6. The van der Waals surface area contributed by atoms with Gasteiger partial charge in [-0.15, -0.1) is 0 Å². The molecule has 2 unspecified atom stereocenters. The van der Waals surface area contributed by atoms with Gasteiger partial charge in [0.25, 0.3) is 0 Å². The highest BCUT2D eigenvalue weighted by Crippen LogP contribution is 2.40. The fraction of sp³-hybridized carbons (Fsp3) is 0.333. The molecule has 20 heavy (non-hydrogen) atoms. The molecule has 4 nitrogen and oxygen atoms in total. The molecule has 0 aliphatic heterocycles. The number of hydrogen-bond donors (Lipinski definition) is 2. The van der Waals surface area contributed by atoms with Gasteiger partial charge in [0.05, 0.1) is 23.1 Å². The van der Waals surface area contributed by atoms with E-state index in [1.54, 1.807) is 0 Å². The number of anilines is 1. The van der Waals surface area contributed by atoms with Crippen molar-refractivity contribution >= 4 is 17.6 Å². The molecule has 1 aliphatic carbocycles. The molecule has 1 aromatic rings. The monoisotopic (exact) mass is 291 g/mol. The number of halogens is 4. The molecule has 2 rings (SSSR count). The van der Waals surface area contributed by atoms with Gasteiger partial charge < -0.3 is 10.4 Å². The first-order chi connectivity index (χ1) is 9.20. The number of alkyl halides is 3. The third-order valence-corrected chi connectivity index (χ3v) is 3.00. The molecular weight excluding hydrogens is 282 g/mol. The molecule has 1 fully saturated rings. The standard InChI is InChI=1S/C12H9F4NO3/c13-8-2-1-5(12(14,15)16)3-9(8)17-10(18)6-4-7(6)11(19)20/h1-3,6-7H,4H2,(H,17,18)(H,19,20). The highest BCUT2D eigenvalue weighted by Gasteiger charge is 2.48. The second-order valence-corrected chi connectivity index (χ2v) is 4.47. The van der Waals surface area contributed by atoms with Crippen LogP contribution in [0, 0.1) is 17.7 Å². The van der Waals surface area contributed by atoms with E-state index in [2.05, 4.69) is 0 Å². The molecule has 0 bridgehead atoms. The van der Waals surface area contributed by atoms with Crippen LogP contribution < -0.4 is 5.32 Å². The van der Waals surface area contributed by atoms with E-state index in [1.165, 1.54) is 0 Å². The summed E-state index contributed by atoms with van der Waals surface area (Å²) in [6.07, 6.45) is -4.56. The summed E-state index contributed by atoms with van der Waals surface area (Å²) in [6.45, 7) is 0. The Morgan fingerprint density at radius 2 is 1.90 bits per heavy atom. The Balaban J connectivity index is 2.14. The van der Waals surface area contributed by atoms with E-state index >= 15 is 0 Å². The van der Waals surface area contributed by atoms with E-state index in [0.717, 1.165) is 0 Å². The molecule has 2 atom stereocenters. The molecule has 108 valence electrons. The average molecular weight is 291 g/mol. The van der Waals surface area contributed by atoms with Crippen molar-refractivity contribution in [1.82, 2.24) is 0 Å². The Labute approximate surface area is 110 Å². The Bertz CT molecular complexity index is 570. The zero-order chi connectivity index (χ0) is 15.1. The van der Waals surface area contributed by atoms with Crippen molar-refractivity contribution in [3.63, 3.8) is 0 Å². The van der Waals surface area contributed by atoms with Gasteiger partial charge in [0.2, 0.25) is 5.91 Å². The first kappa shape index (κ1) is 14.3. The minimum atomic E-state index is -4.66. The fourth-order valence-electron chi connectivity index (χ4n) is 1.78. The topological polar surface area (TPSA) is 66.4 Å². The molecule has 1 aliphatic rings. The number of nitrogens with one attached hydrogen (secondary N) is 1. The summed E-state index contributed by atoms with van der Waals surface area (Å²) in [6, 6.07) is 1.63. The number of carbonyl (C=O) groups excluding carboxylic acids is 1. The predicted molar refractivity (Wildman–Crippen MR) is 59.3 cm³/mol. The average Bonchev–Trinajstić information content (AvgIpc) is 3.10. The Kier molecular flexibility index (Phi) is 3.41. The smallest absolute Gasteiger partial charge is 0.416 e. The van der Waals surface area contributed by atoms with Crippen molar-refractivity contribution in [3.8, 4) is 0 Å². The van der Waals surface area contributed by atoms with Gasteiger partial charge in [0.1, 0.15) is 5.82 Å². The minimum Gasteiger partial charge on any atom is -0.481 e. The maximum absolute atomic E-state index is 13.4. The molecule has 0 heterocycles. The summed E-state index contributed by atoms with van der Waals surface area (Å²) >= 11 is 0. The summed E-state index contributed by atoms with van der Waals surface area (Å²) < 4.78 is 50.7. The minimum absolute atomic E-state index is 0.0990. The summed E-state index contributed by atoms with van der Waals surface area (Å²) in [5.41, 5.74) is -1.71. The van der Waals surface area contributed by atoms with Crippen LogP contribution in [0.3, 0.4) is 0 Å². The van der Waals surface area contributed by atoms with Crippen LogP contribution in [-0.4, -0.2) is 17.0 Å². The van der Waals surface area contributed by atoms with Gasteiger partial charge in [-0.25, -0.2) is 4.39 Å². The Hall–Kier alpha value is -2.12. The second-order valence-electron chi connectivity index (χ2n) is 4.47. The van der Waals surface area contributed by atoms with Gasteiger partial charge in [0.15, 0.2) is 0 Å².